The van der Waals surface area contributed by atoms with Crippen molar-refractivity contribution in [2.75, 3.05) is 0 Å². The molecular weight excluding hydrogens is 346 g/mol. The van der Waals surface area contributed by atoms with Gasteiger partial charge in [0.1, 0.15) is 12.4 Å². The van der Waals surface area contributed by atoms with Crippen LogP contribution in [0.4, 0.5) is 0 Å². The maximum atomic E-state index is 10.7. The van der Waals surface area contributed by atoms with Gasteiger partial charge in [-0.3, -0.25) is 0 Å². The molecule has 0 aromatic heterocycles. The van der Waals surface area contributed by atoms with E-state index in [1.807, 2.05) is 67.6 Å². The fraction of sp³-hybridized carbons (Fsp3) is 0.280. The Bertz CT molecular complexity index is 818. The Morgan fingerprint density at radius 2 is 1.36 bits per heavy atom. The lowest BCUT2D eigenvalue weighted by molar-refractivity contribution is 0.130. The van der Waals surface area contributed by atoms with Crippen molar-refractivity contribution in [3.05, 3.63) is 102 Å². The number of aliphatic hydroxyl groups excluding tert-OH is 1. The fourth-order valence-corrected chi connectivity index (χ4v) is 3.36. The summed E-state index contributed by atoms with van der Waals surface area (Å²) >= 11 is 0. The Hall–Kier alpha value is -2.62. The van der Waals surface area contributed by atoms with Crippen LogP contribution in [0.25, 0.3) is 0 Å². The van der Waals surface area contributed by atoms with Gasteiger partial charge in [-0.15, -0.1) is 0 Å². The first-order valence-corrected chi connectivity index (χ1v) is 9.86. The molecule has 3 nitrogen and oxygen atoms in total. The summed E-state index contributed by atoms with van der Waals surface area (Å²) in [5.41, 5.74) is 3.32. The summed E-state index contributed by atoms with van der Waals surface area (Å²) in [6, 6.07) is 28.4. The molecule has 0 bridgehead atoms. The second kappa shape index (κ2) is 10.1. The van der Waals surface area contributed by atoms with E-state index in [0.717, 1.165) is 23.3 Å². The fourth-order valence-electron chi connectivity index (χ4n) is 3.36. The molecule has 2 N–H and O–H groups in total. The van der Waals surface area contributed by atoms with Crippen LogP contribution < -0.4 is 10.1 Å². The Balaban J connectivity index is 1.50. The molecule has 0 aliphatic rings. The highest BCUT2D eigenvalue weighted by Gasteiger charge is 2.18. The second-order valence-electron chi connectivity index (χ2n) is 7.33. The summed E-state index contributed by atoms with van der Waals surface area (Å²) in [5.74, 6) is 0.804. The van der Waals surface area contributed by atoms with E-state index >= 15 is 0 Å². The highest BCUT2D eigenvalue weighted by atomic mass is 16.5. The SMILES string of the molecule is C[C@H](Cc1ccccc1)N[C@H](C)[C@H](O)c1ccc(OCc2ccccc2)cc1. The third-order valence-electron chi connectivity index (χ3n) is 4.88. The minimum atomic E-state index is -0.568. The van der Waals surface area contributed by atoms with E-state index in [9.17, 15) is 5.11 Å². The van der Waals surface area contributed by atoms with Crippen molar-refractivity contribution in [1.29, 1.82) is 0 Å². The van der Waals surface area contributed by atoms with Crippen molar-refractivity contribution in [2.24, 2.45) is 0 Å². The lowest BCUT2D eigenvalue weighted by Gasteiger charge is -2.25. The van der Waals surface area contributed by atoms with Gasteiger partial charge in [-0.1, -0.05) is 72.8 Å². The topological polar surface area (TPSA) is 41.5 Å². The predicted molar refractivity (Wildman–Crippen MR) is 114 cm³/mol. The van der Waals surface area contributed by atoms with Crippen molar-refractivity contribution >= 4 is 0 Å². The summed E-state index contributed by atoms with van der Waals surface area (Å²) < 4.78 is 5.82. The van der Waals surface area contributed by atoms with Crippen LogP contribution in [0.2, 0.25) is 0 Å². The van der Waals surface area contributed by atoms with Crippen LogP contribution in [-0.2, 0) is 13.0 Å². The van der Waals surface area contributed by atoms with Gasteiger partial charge in [0.2, 0.25) is 0 Å². The first kappa shape index (κ1) is 20.1. The maximum absolute atomic E-state index is 10.7. The Kier molecular flexibility index (Phi) is 7.24. The van der Waals surface area contributed by atoms with Crippen molar-refractivity contribution < 1.29 is 9.84 Å². The quantitative estimate of drug-likeness (QED) is 0.558. The first-order chi connectivity index (χ1) is 13.6. The highest BCUT2D eigenvalue weighted by molar-refractivity contribution is 5.29. The summed E-state index contributed by atoms with van der Waals surface area (Å²) in [5, 5.41) is 14.2. The summed E-state index contributed by atoms with van der Waals surface area (Å²) in [7, 11) is 0. The predicted octanol–water partition coefficient (Wildman–Crippen LogP) is 4.91. The molecule has 0 radical (unpaired) electrons. The molecule has 3 rings (SSSR count). The Morgan fingerprint density at radius 1 is 0.786 bits per heavy atom. The Morgan fingerprint density at radius 3 is 1.96 bits per heavy atom. The summed E-state index contributed by atoms with van der Waals surface area (Å²) in [6.07, 6.45) is 0.367. The number of aliphatic hydroxyl groups is 1. The zero-order valence-corrected chi connectivity index (χ0v) is 16.6. The van der Waals surface area contributed by atoms with Crippen molar-refractivity contribution in [2.45, 2.75) is 45.1 Å². The molecule has 0 fully saturated rings. The summed E-state index contributed by atoms with van der Waals surface area (Å²) in [6.45, 7) is 4.71. The molecule has 0 saturated carbocycles. The number of hydrogen-bond donors (Lipinski definition) is 2. The van der Waals surface area contributed by atoms with E-state index in [2.05, 4.69) is 36.5 Å². The van der Waals surface area contributed by atoms with E-state index in [0.29, 0.717) is 6.61 Å². The highest BCUT2D eigenvalue weighted by Crippen LogP contribution is 2.21. The monoisotopic (exact) mass is 375 g/mol. The molecular formula is C25H29NO2. The largest absolute Gasteiger partial charge is 0.489 e. The standard InChI is InChI=1S/C25H29NO2/c1-19(17-21-9-5-3-6-10-21)26-20(2)25(27)23-13-15-24(16-14-23)28-18-22-11-7-4-8-12-22/h3-16,19-20,25-27H,17-18H2,1-2H3/t19-,20-,25+/m1/s1. The molecule has 3 aromatic rings. The van der Waals surface area contributed by atoms with Gasteiger partial charge in [0.25, 0.3) is 0 Å². The zero-order valence-electron chi connectivity index (χ0n) is 16.6. The number of hydrogen-bond acceptors (Lipinski definition) is 3. The van der Waals surface area contributed by atoms with E-state index in [1.54, 1.807) is 0 Å². The van der Waals surface area contributed by atoms with Gasteiger partial charge in [0, 0.05) is 12.1 Å². The number of benzene rings is 3. The number of ether oxygens (including phenoxy) is 1. The van der Waals surface area contributed by atoms with Crippen molar-refractivity contribution in [3.63, 3.8) is 0 Å². The normalized spacial score (nSPS) is 14.2. The van der Waals surface area contributed by atoms with Gasteiger partial charge in [-0.25, -0.2) is 0 Å². The lowest BCUT2D eigenvalue weighted by Crippen LogP contribution is -2.39. The van der Waals surface area contributed by atoms with Gasteiger partial charge in [-0.05, 0) is 49.1 Å². The van der Waals surface area contributed by atoms with Crippen LogP contribution >= 0.6 is 0 Å². The molecule has 146 valence electrons. The van der Waals surface area contributed by atoms with E-state index < -0.39 is 6.10 Å². The van der Waals surface area contributed by atoms with E-state index in [4.69, 9.17) is 4.74 Å². The van der Waals surface area contributed by atoms with Crippen molar-refractivity contribution in [1.82, 2.24) is 5.32 Å². The third kappa shape index (κ3) is 5.95. The van der Waals surface area contributed by atoms with Gasteiger partial charge < -0.3 is 15.2 Å². The van der Waals surface area contributed by atoms with Crippen LogP contribution in [0.5, 0.6) is 5.75 Å². The molecule has 3 aromatic carbocycles. The van der Waals surface area contributed by atoms with Gasteiger partial charge in [0.15, 0.2) is 0 Å². The molecule has 0 aliphatic carbocycles. The smallest absolute Gasteiger partial charge is 0.119 e. The molecule has 0 heterocycles. The van der Waals surface area contributed by atoms with Crippen LogP contribution in [0.3, 0.4) is 0 Å². The molecule has 0 amide bonds. The van der Waals surface area contributed by atoms with E-state index in [-0.39, 0.29) is 12.1 Å². The second-order valence-corrected chi connectivity index (χ2v) is 7.33. The number of rotatable bonds is 9. The average Bonchev–Trinajstić information content (AvgIpc) is 2.73. The van der Waals surface area contributed by atoms with Gasteiger partial charge in [0.05, 0.1) is 6.10 Å². The summed E-state index contributed by atoms with van der Waals surface area (Å²) in [4.78, 5) is 0. The van der Waals surface area contributed by atoms with E-state index in [1.165, 1.54) is 5.56 Å². The lowest BCUT2D eigenvalue weighted by atomic mass is 10.0. The van der Waals surface area contributed by atoms with Gasteiger partial charge in [-0.2, -0.15) is 0 Å². The molecule has 0 aliphatic heterocycles. The molecule has 0 unspecified atom stereocenters. The third-order valence-corrected chi connectivity index (χ3v) is 4.88. The van der Waals surface area contributed by atoms with Crippen LogP contribution in [0.15, 0.2) is 84.9 Å². The van der Waals surface area contributed by atoms with Crippen molar-refractivity contribution in [3.8, 4) is 5.75 Å². The average molecular weight is 376 g/mol. The molecule has 3 heteroatoms. The van der Waals surface area contributed by atoms with Gasteiger partial charge >= 0.3 is 0 Å². The molecule has 0 spiro atoms. The van der Waals surface area contributed by atoms with Crippen LogP contribution in [0.1, 0.15) is 36.6 Å². The first-order valence-electron chi connectivity index (χ1n) is 9.86. The zero-order chi connectivity index (χ0) is 19.8. The molecule has 3 atom stereocenters. The molecule has 28 heavy (non-hydrogen) atoms. The maximum Gasteiger partial charge on any atom is 0.119 e. The van der Waals surface area contributed by atoms with Crippen LogP contribution in [-0.4, -0.2) is 17.2 Å². The molecule has 0 saturated heterocycles. The minimum absolute atomic E-state index is 0.0465. The van der Waals surface area contributed by atoms with Crippen LogP contribution in [0, 0.1) is 0 Å². The minimum Gasteiger partial charge on any atom is -0.489 e. The number of nitrogens with one attached hydrogen (secondary N) is 1. The Labute approximate surface area is 168 Å².